The van der Waals surface area contributed by atoms with E-state index in [1.54, 1.807) is 12.5 Å². The van der Waals surface area contributed by atoms with E-state index in [1.807, 2.05) is 36.4 Å². The molecule has 2 atom stereocenters. The predicted molar refractivity (Wildman–Crippen MR) is 73.4 cm³/mol. The molecule has 0 radical (unpaired) electrons. The first kappa shape index (κ1) is 12.1. The molecule has 3 heteroatoms. The first-order valence-electron chi connectivity index (χ1n) is 6.49. The molecule has 2 aromatic rings. The molecule has 19 heavy (non-hydrogen) atoms. The summed E-state index contributed by atoms with van der Waals surface area (Å²) in [5.41, 5.74) is 0. The Kier molecular flexibility index (Phi) is 3.65. The molecular weight excluding hydrogens is 240 g/mol. The Balaban J connectivity index is 1.53. The van der Waals surface area contributed by atoms with E-state index in [0.717, 1.165) is 24.4 Å². The Morgan fingerprint density at radius 1 is 0.842 bits per heavy atom. The minimum Gasteiger partial charge on any atom is -0.465 e. The second-order valence-corrected chi connectivity index (χ2v) is 4.54. The zero-order valence-corrected chi connectivity index (χ0v) is 10.6. The van der Waals surface area contributed by atoms with Crippen molar-refractivity contribution in [2.24, 2.45) is 0 Å². The molecule has 3 rings (SSSR count). The second-order valence-electron chi connectivity index (χ2n) is 4.54. The van der Waals surface area contributed by atoms with Crippen LogP contribution in [0.3, 0.4) is 0 Å². The van der Waals surface area contributed by atoms with Gasteiger partial charge in [0, 0.05) is 0 Å². The average molecular weight is 256 g/mol. The molecule has 0 aromatic carbocycles. The van der Waals surface area contributed by atoms with Gasteiger partial charge in [0.1, 0.15) is 11.5 Å². The fraction of sp³-hybridized carbons (Fsp3) is 0.250. The standard InChI is InChI=1S/C16H16O3/c1-3-13(17-11-1)5-7-15-9-10-16(19-15)8-6-14-4-2-12-18-14/h1-8,11-12,15-16H,9-10H2/t15-,16+. The van der Waals surface area contributed by atoms with Crippen molar-refractivity contribution in [3.8, 4) is 0 Å². The summed E-state index contributed by atoms with van der Waals surface area (Å²) in [4.78, 5) is 0. The van der Waals surface area contributed by atoms with Gasteiger partial charge in [0.25, 0.3) is 0 Å². The van der Waals surface area contributed by atoms with Crippen LogP contribution in [0.2, 0.25) is 0 Å². The lowest BCUT2D eigenvalue weighted by atomic mass is 10.1. The predicted octanol–water partition coefficient (Wildman–Crippen LogP) is 4.15. The molecular formula is C16H16O3. The van der Waals surface area contributed by atoms with Gasteiger partial charge in [-0.25, -0.2) is 0 Å². The summed E-state index contributed by atoms with van der Waals surface area (Å²) >= 11 is 0. The largest absolute Gasteiger partial charge is 0.465 e. The van der Waals surface area contributed by atoms with Crippen molar-refractivity contribution in [2.75, 3.05) is 0 Å². The van der Waals surface area contributed by atoms with Gasteiger partial charge in [0.05, 0.1) is 24.7 Å². The molecule has 0 bridgehead atoms. The van der Waals surface area contributed by atoms with Crippen LogP contribution >= 0.6 is 0 Å². The van der Waals surface area contributed by atoms with Crippen LogP contribution in [0.25, 0.3) is 12.2 Å². The third-order valence-electron chi connectivity index (χ3n) is 3.12. The Hall–Kier alpha value is -2.00. The van der Waals surface area contributed by atoms with Crippen LogP contribution < -0.4 is 0 Å². The Morgan fingerprint density at radius 2 is 1.37 bits per heavy atom. The highest BCUT2D eigenvalue weighted by Gasteiger charge is 2.21. The van der Waals surface area contributed by atoms with Crippen molar-refractivity contribution in [3.63, 3.8) is 0 Å². The summed E-state index contributed by atoms with van der Waals surface area (Å²) in [6.45, 7) is 0. The van der Waals surface area contributed by atoms with E-state index in [4.69, 9.17) is 13.6 Å². The van der Waals surface area contributed by atoms with Crippen LogP contribution in [-0.4, -0.2) is 12.2 Å². The number of rotatable bonds is 4. The van der Waals surface area contributed by atoms with E-state index < -0.39 is 0 Å². The Labute approximate surface area is 112 Å². The van der Waals surface area contributed by atoms with Gasteiger partial charge >= 0.3 is 0 Å². The lowest BCUT2D eigenvalue weighted by molar-refractivity contribution is 0.101. The van der Waals surface area contributed by atoms with Crippen molar-refractivity contribution in [1.29, 1.82) is 0 Å². The van der Waals surface area contributed by atoms with Gasteiger partial charge in [0.15, 0.2) is 0 Å². The van der Waals surface area contributed by atoms with Gasteiger partial charge in [-0.2, -0.15) is 0 Å². The maximum Gasteiger partial charge on any atom is 0.126 e. The molecule has 1 aliphatic heterocycles. The van der Waals surface area contributed by atoms with Gasteiger partial charge in [-0.1, -0.05) is 12.2 Å². The molecule has 0 N–H and O–H groups in total. The second kappa shape index (κ2) is 5.76. The van der Waals surface area contributed by atoms with Gasteiger partial charge in [-0.15, -0.1) is 0 Å². The normalized spacial score (nSPS) is 23.8. The summed E-state index contributed by atoms with van der Waals surface area (Å²) in [7, 11) is 0. The summed E-state index contributed by atoms with van der Waals surface area (Å²) in [6.07, 6.45) is 13.8. The Morgan fingerprint density at radius 3 is 1.79 bits per heavy atom. The van der Waals surface area contributed by atoms with E-state index in [0.29, 0.717) is 0 Å². The monoisotopic (exact) mass is 256 g/mol. The van der Waals surface area contributed by atoms with Gasteiger partial charge in [-0.3, -0.25) is 0 Å². The van der Waals surface area contributed by atoms with Crippen molar-refractivity contribution in [3.05, 3.63) is 60.5 Å². The van der Waals surface area contributed by atoms with Gasteiger partial charge < -0.3 is 13.6 Å². The smallest absolute Gasteiger partial charge is 0.126 e. The molecule has 0 saturated carbocycles. The van der Waals surface area contributed by atoms with E-state index >= 15 is 0 Å². The molecule has 1 fully saturated rings. The number of hydrogen-bond acceptors (Lipinski definition) is 3. The minimum absolute atomic E-state index is 0.163. The fourth-order valence-corrected chi connectivity index (χ4v) is 2.15. The molecule has 0 aliphatic carbocycles. The molecule has 1 saturated heterocycles. The van der Waals surface area contributed by atoms with E-state index in [2.05, 4.69) is 12.2 Å². The van der Waals surface area contributed by atoms with Crippen molar-refractivity contribution >= 4 is 12.2 Å². The molecule has 3 heterocycles. The third-order valence-corrected chi connectivity index (χ3v) is 3.12. The lowest BCUT2D eigenvalue weighted by Crippen LogP contribution is -2.05. The SMILES string of the molecule is C(=C[C@@H]1CC[C@H](C=Cc2ccco2)O1)c1ccco1. The highest BCUT2D eigenvalue weighted by molar-refractivity contribution is 5.44. The van der Waals surface area contributed by atoms with E-state index in [-0.39, 0.29) is 12.2 Å². The number of furan rings is 2. The van der Waals surface area contributed by atoms with Crippen molar-refractivity contribution in [2.45, 2.75) is 25.0 Å². The summed E-state index contributed by atoms with van der Waals surface area (Å²) in [5, 5.41) is 0. The fourth-order valence-electron chi connectivity index (χ4n) is 2.15. The molecule has 0 unspecified atom stereocenters. The van der Waals surface area contributed by atoms with Crippen molar-refractivity contribution in [1.82, 2.24) is 0 Å². The Bertz CT molecular complexity index is 484. The van der Waals surface area contributed by atoms with Crippen LogP contribution in [0.1, 0.15) is 24.4 Å². The van der Waals surface area contributed by atoms with E-state index in [9.17, 15) is 0 Å². The molecule has 1 aliphatic rings. The highest BCUT2D eigenvalue weighted by atomic mass is 16.5. The number of ether oxygens (including phenoxy) is 1. The maximum atomic E-state index is 5.90. The summed E-state index contributed by atoms with van der Waals surface area (Å²) < 4.78 is 16.4. The van der Waals surface area contributed by atoms with Crippen LogP contribution in [-0.2, 0) is 4.74 Å². The number of hydrogen-bond donors (Lipinski definition) is 0. The van der Waals surface area contributed by atoms with Crippen LogP contribution in [0.5, 0.6) is 0 Å². The summed E-state index contributed by atoms with van der Waals surface area (Å²) in [5.74, 6) is 1.72. The molecule has 2 aromatic heterocycles. The zero-order valence-electron chi connectivity index (χ0n) is 10.6. The minimum atomic E-state index is 0.163. The van der Waals surface area contributed by atoms with Crippen LogP contribution in [0, 0.1) is 0 Å². The quantitative estimate of drug-likeness (QED) is 0.824. The zero-order chi connectivity index (χ0) is 12.9. The lowest BCUT2D eigenvalue weighted by Gasteiger charge is -2.06. The first-order chi connectivity index (χ1) is 9.40. The third kappa shape index (κ3) is 3.26. The summed E-state index contributed by atoms with van der Waals surface area (Å²) in [6, 6.07) is 7.62. The van der Waals surface area contributed by atoms with Gasteiger partial charge in [-0.05, 0) is 49.3 Å². The topological polar surface area (TPSA) is 35.5 Å². The van der Waals surface area contributed by atoms with Gasteiger partial charge in [0.2, 0.25) is 0 Å². The molecule has 0 amide bonds. The van der Waals surface area contributed by atoms with Crippen LogP contribution in [0.4, 0.5) is 0 Å². The van der Waals surface area contributed by atoms with Crippen LogP contribution in [0.15, 0.2) is 57.8 Å². The molecule has 98 valence electrons. The molecule has 0 spiro atoms. The maximum absolute atomic E-state index is 5.90. The molecule has 3 nitrogen and oxygen atoms in total. The van der Waals surface area contributed by atoms with Crippen molar-refractivity contribution < 1.29 is 13.6 Å². The highest BCUT2D eigenvalue weighted by Crippen LogP contribution is 2.23. The first-order valence-corrected chi connectivity index (χ1v) is 6.49. The average Bonchev–Trinajstić information content (AvgIpc) is 3.16. The van der Waals surface area contributed by atoms with E-state index in [1.165, 1.54) is 0 Å².